The van der Waals surface area contributed by atoms with E-state index in [2.05, 4.69) is 5.32 Å². The number of benzene rings is 1. The van der Waals surface area contributed by atoms with E-state index in [0.717, 1.165) is 12.1 Å². The maximum absolute atomic E-state index is 13.7. The molecule has 0 atom stereocenters. The van der Waals surface area contributed by atoms with E-state index in [4.69, 9.17) is 5.73 Å². The molecular formula is C17H24ClF2N3O2. The normalized spacial score (nSPS) is 15.5. The molecule has 0 unspecified atom stereocenters. The van der Waals surface area contributed by atoms with Gasteiger partial charge in [0.1, 0.15) is 11.6 Å². The summed E-state index contributed by atoms with van der Waals surface area (Å²) in [6.45, 7) is 4.75. The van der Waals surface area contributed by atoms with E-state index in [-0.39, 0.29) is 29.8 Å². The fourth-order valence-electron chi connectivity index (χ4n) is 2.66. The number of rotatable bonds is 4. The van der Waals surface area contributed by atoms with E-state index < -0.39 is 23.1 Å². The number of carbonyl (C=O) groups excluding carboxylic acids is 2. The molecule has 1 aromatic rings. The number of nitrogens with two attached hydrogens (primary N) is 1. The molecule has 2 amide bonds. The van der Waals surface area contributed by atoms with Crippen LogP contribution < -0.4 is 11.1 Å². The Labute approximate surface area is 152 Å². The molecule has 8 heteroatoms. The van der Waals surface area contributed by atoms with Gasteiger partial charge >= 0.3 is 0 Å². The van der Waals surface area contributed by atoms with Gasteiger partial charge in [-0.05, 0) is 38.8 Å². The Kier molecular flexibility index (Phi) is 7.31. The monoisotopic (exact) mass is 375 g/mol. The van der Waals surface area contributed by atoms with E-state index in [1.54, 1.807) is 0 Å². The first-order chi connectivity index (χ1) is 11.2. The number of halogens is 3. The summed E-state index contributed by atoms with van der Waals surface area (Å²) in [5, 5.41) is 2.90. The zero-order valence-electron chi connectivity index (χ0n) is 14.4. The summed E-state index contributed by atoms with van der Waals surface area (Å²) >= 11 is 0. The molecule has 0 radical (unpaired) electrons. The van der Waals surface area contributed by atoms with Crippen LogP contribution in [0.1, 0.15) is 37.0 Å². The Hall–Kier alpha value is -1.73. The molecule has 1 heterocycles. The minimum absolute atomic E-state index is 0. The van der Waals surface area contributed by atoms with Crippen molar-refractivity contribution in [1.82, 2.24) is 10.2 Å². The van der Waals surface area contributed by atoms with Crippen LogP contribution in [0, 0.1) is 17.6 Å². The third kappa shape index (κ3) is 5.37. The van der Waals surface area contributed by atoms with Gasteiger partial charge in [0.25, 0.3) is 5.91 Å². The number of hydrogen-bond donors (Lipinski definition) is 2. The molecule has 2 rings (SSSR count). The first kappa shape index (κ1) is 21.3. The van der Waals surface area contributed by atoms with Crippen LogP contribution in [-0.4, -0.2) is 41.9 Å². The predicted octanol–water partition coefficient (Wildman–Crippen LogP) is 2.09. The Balaban J connectivity index is 0.00000312. The maximum Gasteiger partial charge on any atom is 0.256 e. The van der Waals surface area contributed by atoms with Gasteiger partial charge in [0.05, 0.1) is 5.56 Å². The van der Waals surface area contributed by atoms with E-state index in [1.165, 1.54) is 4.90 Å². The lowest BCUT2D eigenvalue weighted by molar-refractivity contribution is -0.127. The number of piperidine rings is 1. The third-order valence-electron chi connectivity index (χ3n) is 4.29. The van der Waals surface area contributed by atoms with Gasteiger partial charge in [0.15, 0.2) is 0 Å². The van der Waals surface area contributed by atoms with Gasteiger partial charge < -0.3 is 16.0 Å². The van der Waals surface area contributed by atoms with Gasteiger partial charge in [-0.3, -0.25) is 9.59 Å². The fraction of sp³-hybridized carbons (Fsp3) is 0.529. The van der Waals surface area contributed by atoms with Gasteiger partial charge in [-0.25, -0.2) is 8.78 Å². The van der Waals surface area contributed by atoms with E-state index in [0.29, 0.717) is 38.5 Å². The van der Waals surface area contributed by atoms with Crippen LogP contribution in [0.2, 0.25) is 0 Å². The van der Waals surface area contributed by atoms with Crippen molar-refractivity contribution in [1.29, 1.82) is 0 Å². The van der Waals surface area contributed by atoms with E-state index in [9.17, 15) is 18.4 Å². The van der Waals surface area contributed by atoms with Crippen molar-refractivity contribution in [2.45, 2.75) is 32.2 Å². The molecule has 1 saturated heterocycles. The van der Waals surface area contributed by atoms with Crippen molar-refractivity contribution in [2.75, 3.05) is 19.6 Å². The molecule has 25 heavy (non-hydrogen) atoms. The zero-order valence-corrected chi connectivity index (χ0v) is 15.2. The van der Waals surface area contributed by atoms with Crippen molar-refractivity contribution < 1.29 is 18.4 Å². The number of nitrogens with one attached hydrogen (secondary N) is 1. The lowest BCUT2D eigenvalue weighted by atomic mass is 9.93. The molecule has 1 fully saturated rings. The highest BCUT2D eigenvalue weighted by Crippen LogP contribution is 2.21. The molecule has 5 nitrogen and oxygen atoms in total. The fourth-order valence-corrected chi connectivity index (χ4v) is 2.66. The Morgan fingerprint density at radius 2 is 1.88 bits per heavy atom. The summed E-state index contributed by atoms with van der Waals surface area (Å²) in [5.74, 6) is -2.34. The Morgan fingerprint density at radius 3 is 2.40 bits per heavy atom. The minimum Gasteiger partial charge on any atom is -0.350 e. The lowest BCUT2D eigenvalue weighted by Gasteiger charge is -2.33. The van der Waals surface area contributed by atoms with Crippen LogP contribution in [0.15, 0.2) is 18.2 Å². The summed E-state index contributed by atoms with van der Waals surface area (Å²) in [6, 6.07) is 2.91. The standard InChI is InChI=1S/C17H23F2N3O2.ClH/c1-17(2,10-20)21-15(23)11-5-7-22(8-6-11)16(24)13-4-3-12(18)9-14(13)19;/h3-4,9,11H,5-8,10,20H2,1-2H3,(H,21,23);1H. The second-order valence-electron chi connectivity index (χ2n) is 6.77. The summed E-state index contributed by atoms with van der Waals surface area (Å²) in [6.07, 6.45) is 1.00. The molecule has 0 aromatic heterocycles. The Morgan fingerprint density at radius 1 is 1.28 bits per heavy atom. The maximum atomic E-state index is 13.7. The van der Waals surface area contributed by atoms with Crippen molar-refractivity contribution in [3.63, 3.8) is 0 Å². The molecular weight excluding hydrogens is 352 g/mol. The number of likely N-dealkylation sites (tertiary alicyclic amines) is 1. The predicted molar refractivity (Wildman–Crippen MR) is 93.5 cm³/mol. The SMILES string of the molecule is CC(C)(CN)NC(=O)C1CCN(C(=O)c2ccc(F)cc2F)CC1.Cl. The van der Waals surface area contributed by atoms with Crippen molar-refractivity contribution >= 4 is 24.2 Å². The van der Waals surface area contributed by atoms with Gasteiger partial charge in [-0.2, -0.15) is 0 Å². The van der Waals surface area contributed by atoms with Crippen LogP contribution in [0.5, 0.6) is 0 Å². The summed E-state index contributed by atoms with van der Waals surface area (Å²) in [4.78, 5) is 26.1. The molecule has 1 aromatic carbocycles. The number of hydrogen-bond acceptors (Lipinski definition) is 3. The average molecular weight is 376 g/mol. The summed E-state index contributed by atoms with van der Waals surface area (Å²) in [7, 11) is 0. The molecule has 1 aliphatic heterocycles. The van der Waals surface area contributed by atoms with Crippen LogP contribution >= 0.6 is 12.4 Å². The van der Waals surface area contributed by atoms with E-state index in [1.807, 2.05) is 13.8 Å². The first-order valence-electron chi connectivity index (χ1n) is 8.00. The highest BCUT2D eigenvalue weighted by molar-refractivity contribution is 5.94. The second-order valence-corrected chi connectivity index (χ2v) is 6.77. The topological polar surface area (TPSA) is 75.4 Å². The second kappa shape index (κ2) is 8.58. The van der Waals surface area contributed by atoms with Crippen LogP contribution in [0.4, 0.5) is 8.78 Å². The molecule has 3 N–H and O–H groups in total. The lowest BCUT2D eigenvalue weighted by Crippen LogP contribution is -2.52. The first-order valence-corrected chi connectivity index (χ1v) is 8.00. The van der Waals surface area contributed by atoms with Crippen LogP contribution in [0.25, 0.3) is 0 Å². The van der Waals surface area contributed by atoms with Gasteiger partial charge in [0, 0.05) is 37.2 Å². The van der Waals surface area contributed by atoms with Crippen LogP contribution in [0.3, 0.4) is 0 Å². The number of amides is 2. The molecule has 140 valence electrons. The highest BCUT2D eigenvalue weighted by atomic mass is 35.5. The van der Waals surface area contributed by atoms with Crippen molar-refractivity contribution in [3.05, 3.63) is 35.4 Å². The average Bonchev–Trinajstić information content (AvgIpc) is 2.54. The number of nitrogens with zero attached hydrogens (tertiary/aromatic N) is 1. The third-order valence-corrected chi connectivity index (χ3v) is 4.29. The largest absolute Gasteiger partial charge is 0.350 e. The van der Waals surface area contributed by atoms with Crippen molar-refractivity contribution in [3.8, 4) is 0 Å². The molecule has 0 spiro atoms. The van der Waals surface area contributed by atoms with Gasteiger partial charge in [-0.1, -0.05) is 0 Å². The highest BCUT2D eigenvalue weighted by Gasteiger charge is 2.31. The number of carbonyl (C=O) groups is 2. The smallest absolute Gasteiger partial charge is 0.256 e. The Bertz CT molecular complexity index is 632. The summed E-state index contributed by atoms with van der Waals surface area (Å²) in [5.41, 5.74) is 4.98. The molecule has 0 saturated carbocycles. The molecule has 1 aliphatic rings. The molecule has 0 aliphatic carbocycles. The minimum atomic E-state index is -0.871. The zero-order chi connectivity index (χ0) is 17.9. The van der Waals surface area contributed by atoms with Gasteiger partial charge in [-0.15, -0.1) is 12.4 Å². The summed E-state index contributed by atoms with van der Waals surface area (Å²) < 4.78 is 26.7. The molecule has 0 bridgehead atoms. The van der Waals surface area contributed by atoms with Gasteiger partial charge in [0.2, 0.25) is 5.91 Å². The van der Waals surface area contributed by atoms with E-state index >= 15 is 0 Å². The van der Waals surface area contributed by atoms with Crippen molar-refractivity contribution in [2.24, 2.45) is 11.7 Å². The quantitative estimate of drug-likeness (QED) is 0.846. The van der Waals surface area contributed by atoms with Crippen LogP contribution in [-0.2, 0) is 4.79 Å².